The Bertz CT molecular complexity index is 265. The van der Waals surface area contributed by atoms with Crippen LogP contribution < -0.4 is 5.32 Å². The highest BCUT2D eigenvalue weighted by Crippen LogP contribution is 2.18. The van der Waals surface area contributed by atoms with E-state index >= 15 is 0 Å². The Morgan fingerprint density at radius 3 is 3.13 bits per heavy atom. The molecule has 1 fully saturated rings. The fraction of sp³-hybridized carbons (Fsp3) is 0.667. The first-order valence-electron chi connectivity index (χ1n) is 5.78. The van der Waals surface area contributed by atoms with E-state index in [9.17, 15) is 0 Å². The number of furan rings is 1. The third kappa shape index (κ3) is 2.83. The Hall–Kier alpha value is -0.800. The molecule has 2 unspecified atom stereocenters. The highest BCUT2D eigenvalue weighted by Gasteiger charge is 2.18. The van der Waals surface area contributed by atoms with E-state index in [1.807, 2.05) is 12.1 Å². The van der Waals surface area contributed by atoms with Crippen LogP contribution in [0.25, 0.3) is 0 Å². The molecule has 2 rings (SSSR count). The highest BCUT2D eigenvalue weighted by molar-refractivity contribution is 5.04. The van der Waals surface area contributed by atoms with E-state index in [2.05, 4.69) is 12.2 Å². The third-order valence-corrected chi connectivity index (χ3v) is 2.91. The monoisotopic (exact) mass is 209 g/mol. The number of hydrogen-bond donors (Lipinski definition) is 1. The van der Waals surface area contributed by atoms with Crippen LogP contribution in [0.5, 0.6) is 0 Å². The minimum Gasteiger partial charge on any atom is -0.468 e. The molecular formula is C12H19NO2. The van der Waals surface area contributed by atoms with Crippen molar-refractivity contribution in [1.82, 2.24) is 5.32 Å². The predicted octanol–water partition coefficient (Wildman–Crippen LogP) is 2.50. The van der Waals surface area contributed by atoms with E-state index in [4.69, 9.17) is 9.15 Å². The summed E-state index contributed by atoms with van der Waals surface area (Å²) in [5, 5.41) is 3.50. The number of nitrogens with one attached hydrogen (secondary N) is 1. The number of ether oxygens (including phenoxy) is 1. The fourth-order valence-corrected chi connectivity index (χ4v) is 2.01. The van der Waals surface area contributed by atoms with Crippen LogP contribution in [0.15, 0.2) is 22.8 Å². The Kier molecular flexibility index (Phi) is 3.80. The lowest BCUT2D eigenvalue weighted by molar-refractivity contribution is 0.106. The molecule has 1 aromatic heterocycles. The van der Waals surface area contributed by atoms with Gasteiger partial charge in [-0.3, -0.25) is 0 Å². The summed E-state index contributed by atoms with van der Waals surface area (Å²) in [6.07, 6.45) is 5.55. The van der Waals surface area contributed by atoms with Gasteiger partial charge in [0.05, 0.1) is 18.4 Å². The van der Waals surface area contributed by atoms with Crippen molar-refractivity contribution in [3.05, 3.63) is 24.2 Å². The topological polar surface area (TPSA) is 34.4 Å². The molecule has 3 nitrogen and oxygen atoms in total. The first-order valence-corrected chi connectivity index (χ1v) is 5.78. The lowest BCUT2D eigenvalue weighted by Gasteiger charge is -2.17. The van der Waals surface area contributed by atoms with Gasteiger partial charge in [0.25, 0.3) is 0 Å². The maximum absolute atomic E-state index is 5.57. The zero-order valence-electron chi connectivity index (χ0n) is 9.24. The third-order valence-electron chi connectivity index (χ3n) is 2.91. The fourth-order valence-electron chi connectivity index (χ4n) is 2.01. The molecule has 0 amide bonds. The summed E-state index contributed by atoms with van der Waals surface area (Å²) in [4.78, 5) is 0. The minimum atomic E-state index is 0.323. The Morgan fingerprint density at radius 2 is 2.53 bits per heavy atom. The second-order valence-corrected chi connectivity index (χ2v) is 4.02. The van der Waals surface area contributed by atoms with E-state index in [1.54, 1.807) is 6.26 Å². The van der Waals surface area contributed by atoms with E-state index in [-0.39, 0.29) is 0 Å². The van der Waals surface area contributed by atoms with Gasteiger partial charge < -0.3 is 14.5 Å². The molecule has 1 saturated heterocycles. The van der Waals surface area contributed by atoms with Gasteiger partial charge in [0.2, 0.25) is 0 Å². The van der Waals surface area contributed by atoms with Crippen LogP contribution in [-0.2, 0) is 4.74 Å². The second kappa shape index (κ2) is 5.33. The molecule has 15 heavy (non-hydrogen) atoms. The largest absolute Gasteiger partial charge is 0.468 e. The molecule has 84 valence electrons. The molecule has 1 aromatic rings. The van der Waals surface area contributed by atoms with Gasteiger partial charge in [0.1, 0.15) is 5.76 Å². The van der Waals surface area contributed by atoms with Gasteiger partial charge in [-0.05, 0) is 31.4 Å². The molecule has 0 aromatic carbocycles. The molecule has 1 aliphatic heterocycles. The number of rotatable bonds is 5. The normalized spacial score (nSPS) is 23.1. The summed E-state index contributed by atoms with van der Waals surface area (Å²) < 4.78 is 11.0. The summed E-state index contributed by atoms with van der Waals surface area (Å²) in [6.45, 7) is 4.01. The van der Waals surface area contributed by atoms with Crippen LogP contribution >= 0.6 is 0 Å². The van der Waals surface area contributed by atoms with E-state index in [0.717, 1.165) is 25.3 Å². The molecule has 0 saturated carbocycles. The Morgan fingerprint density at radius 1 is 1.60 bits per heavy atom. The highest BCUT2D eigenvalue weighted by atomic mass is 16.5. The Labute approximate surface area is 90.8 Å². The second-order valence-electron chi connectivity index (χ2n) is 4.02. The van der Waals surface area contributed by atoms with Crippen LogP contribution in [0.2, 0.25) is 0 Å². The zero-order valence-corrected chi connectivity index (χ0v) is 9.24. The van der Waals surface area contributed by atoms with Gasteiger partial charge in [0, 0.05) is 13.2 Å². The molecule has 0 bridgehead atoms. The van der Waals surface area contributed by atoms with Gasteiger partial charge in [0.15, 0.2) is 0 Å². The van der Waals surface area contributed by atoms with E-state index in [0.29, 0.717) is 12.1 Å². The molecule has 0 spiro atoms. The summed E-state index contributed by atoms with van der Waals surface area (Å²) in [6, 6.07) is 4.28. The van der Waals surface area contributed by atoms with E-state index in [1.165, 1.54) is 12.8 Å². The average Bonchev–Trinajstić information content (AvgIpc) is 2.90. The Balaban J connectivity index is 1.80. The summed E-state index contributed by atoms with van der Waals surface area (Å²) in [7, 11) is 0. The van der Waals surface area contributed by atoms with Gasteiger partial charge >= 0.3 is 0 Å². The standard InChI is InChI=1S/C12H19NO2/c1-2-11(12-6-4-8-15-12)13-9-10-5-3-7-14-10/h4,6,8,10-11,13H,2-3,5,7,9H2,1H3. The molecular weight excluding hydrogens is 190 g/mol. The molecule has 1 N–H and O–H groups in total. The minimum absolute atomic E-state index is 0.323. The maximum Gasteiger partial charge on any atom is 0.120 e. The maximum atomic E-state index is 5.57. The van der Waals surface area contributed by atoms with Gasteiger partial charge in [-0.15, -0.1) is 0 Å². The van der Waals surface area contributed by atoms with Crippen molar-refractivity contribution in [2.45, 2.75) is 38.3 Å². The predicted molar refractivity (Wildman–Crippen MR) is 58.7 cm³/mol. The van der Waals surface area contributed by atoms with Crippen molar-refractivity contribution in [2.75, 3.05) is 13.2 Å². The smallest absolute Gasteiger partial charge is 0.120 e. The SMILES string of the molecule is CCC(NCC1CCCO1)c1ccco1. The summed E-state index contributed by atoms with van der Waals surface area (Å²) in [5.74, 6) is 1.02. The molecule has 2 heterocycles. The first-order chi connectivity index (χ1) is 7.40. The van der Waals surface area contributed by atoms with Crippen molar-refractivity contribution >= 4 is 0 Å². The molecule has 3 heteroatoms. The van der Waals surface area contributed by atoms with Crippen LogP contribution in [0.4, 0.5) is 0 Å². The number of hydrogen-bond acceptors (Lipinski definition) is 3. The molecule has 1 aliphatic rings. The molecule has 2 atom stereocenters. The lowest BCUT2D eigenvalue weighted by Crippen LogP contribution is -2.29. The van der Waals surface area contributed by atoms with Crippen LogP contribution in [0.1, 0.15) is 38.0 Å². The quantitative estimate of drug-likeness (QED) is 0.809. The van der Waals surface area contributed by atoms with Crippen LogP contribution in [0, 0.1) is 0 Å². The van der Waals surface area contributed by atoms with E-state index < -0.39 is 0 Å². The van der Waals surface area contributed by atoms with Gasteiger partial charge in [-0.25, -0.2) is 0 Å². The van der Waals surface area contributed by atoms with Crippen molar-refractivity contribution in [1.29, 1.82) is 0 Å². The first kappa shape index (κ1) is 10.7. The zero-order chi connectivity index (χ0) is 10.5. The van der Waals surface area contributed by atoms with Gasteiger partial charge in [-0.2, -0.15) is 0 Å². The molecule has 0 radical (unpaired) electrons. The van der Waals surface area contributed by atoms with Crippen LogP contribution in [-0.4, -0.2) is 19.3 Å². The van der Waals surface area contributed by atoms with Crippen molar-refractivity contribution in [3.63, 3.8) is 0 Å². The van der Waals surface area contributed by atoms with Crippen molar-refractivity contribution in [3.8, 4) is 0 Å². The van der Waals surface area contributed by atoms with Gasteiger partial charge in [-0.1, -0.05) is 6.92 Å². The summed E-state index contributed by atoms with van der Waals surface area (Å²) >= 11 is 0. The average molecular weight is 209 g/mol. The summed E-state index contributed by atoms with van der Waals surface area (Å²) in [5.41, 5.74) is 0. The lowest BCUT2D eigenvalue weighted by atomic mass is 10.1. The van der Waals surface area contributed by atoms with Crippen molar-refractivity contribution in [2.24, 2.45) is 0 Å². The molecule has 0 aliphatic carbocycles. The van der Waals surface area contributed by atoms with Crippen LogP contribution in [0.3, 0.4) is 0 Å². The van der Waals surface area contributed by atoms with Crippen molar-refractivity contribution < 1.29 is 9.15 Å².